The monoisotopic (exact) mass is 313 g/mol. The summed E-state index contributed by atoms with van der Waals surface area (Å²) < 4.78 is 5.27. The third-order valence-electron chi connectivity index (χ3n) is 4.08. The summed E-state index contributed by atoms with van der Waals surface area (Å²) in [6.07, 6.45) is 7.39. The topological polar surface area (TPSA) is 71.5 Å². The summed E-state index contributed by atoms with van der Waals surface area (Å²) in [6.45, 7) is 1.52. The zero-order valence-electron chi connectivity index (χ0n) is 13.2. The molecule has 1 atom stereocenters. The number of carbonyl (C=O) groups is 1. The van der Waals surface area contributed by atoms with E-state index in [9.17, 15) is 4.79 Å². The van der Waals surface area contributed by atoms with Gasteiger partial charge in [-0.25, -0.2) is 9.97 Å². The van der Waals surface area contributed by atoms with Crippen LogP contribution in [0.3, 0.4) is 0 Å². The molecule has 23 heavy (non-hydrogen) atoms. The Hall–Kier alpha value is -2.70. The molecule has 1 fully saturated rings. The van der Waals surface area contributed by atoms with Gasteiger partial charge in [0.2, 0.25) is 0 Å². The van der Waals surface area contributed by atoms with E-state index in [0.717, 1.165) is 18.8 Å². The molecular weight excluding hydrogens is 294 g/mol. The van der Waals surface area contributed by atoms with Crippen LogP contribution in [0.15, 0.2) is 36.9 Å². The van der Waals surface area contributed by atoms with Gasteiger partial charge in [-0.3, -0.25) is 9.78 Å². The number of ether oxygens (including phenoxy) is 1. The highest BCUT2D eigenvalue weighted by Crippen LogP contribution is 2.27. The molecule has 0 radical (unpaired) electrons. The molecule has 1 aliphatic heterocycles. The van der Waals surface area contributed by atoms with Crippen LogP contribution in [0.4, 0.5) is 5.82 Å². The van der Waals surface area contributed by atoms with Crippen molar-refractivity contribution in [2.45, 2.75) is 12.5 Å². The first-order chi connectivity index (χ1) is 11.2. The standard InChI is InChI=1S/C16H19N5O2/c1-20(16(22)12-4-3-6-17-10-12)13-5-9-21(11-13)14-15(23-2)19-8-7-18-14/h3-4,6-8,10,13H,5,9,11H2,1-2H3. The van der Waals surface area contributed by atoms with Crippen LogP contribution in [-0.2, 0) is 0 Å². The fraction of sp³-hybridized carbons (Fsp3) is 0.375. The van der Waals surface area contributed by atoms with E-state index >= 15 is 0 Å². The van der Waals surface area contributed by atoms with E-state index in [4.69, 9.17) is 4.74 Å². The first kappa shape index (κ1) is 15.2. The number of carbonyl (C=O) groups excluding carboxylic acids is 1. The molecule has 3 heterocycles. The van der Waals surface area contributed by atoms with Gasteiger partial charge in [0.25, 0.3) is 11.8 Å². The average molecular weight is 313 g/mol. The quantitative estimate of drug-likeness (QED) is 0.845. The molecular formula is C16H19N5O2. The fourth-order valence-electron chi connectivity index (χ4n) is 2.79. The van der Waals surface area contributed by atoms with Crippen molar-refractivity contribution in [2.24, 2.45) is 0 Å². The van der Waals surface area contributed by atoms with E-state index in [2.05, 4.69) is 19.9 Å². The van der Waals surface area contributed by atoms with Gasteiger partial charge in [-0.1, -0.05) is 0 Å². The van der Waals surface area contributed by atoms with Gasteiger partial charge in [0.15, 0.2) is 5.82 Å². The normalized spacial score (nSPS) is 17.1. The maximum atomic E-state index is 12.5. The van der Waals surface area contributed by atoms with E-state index in [1.54, 1.807) is 48.9 Å². The van der Waals surface area contributed by atoms with Crippen molar-refractivity contribution >= 4 is 11.7 Å². The minimum absolute atomic E-state index is 0.0175. The second kappa shape index (κ2) is 6.60. The van der Waals surface area contributed by atoms with Crippen molar-refractivity contribution in [3.63, 3.8) is 0 Å². The van der Waals surface area contributed by atoms with Crippen LogP contribution in [0.25, 0.3) is 0 Å². The Morgan fingerprint density at radius 1 is 1.35 bits per heavy atom. The summed E-state index contributed by atoms with van der Waals surface area (Å²) >= 11 is 0. The number of aromatic nitrogens is 3. The third-order valence-corrected chi connectivity index (χ3v) is 4.08. The first-order valence-corrected chi connectivity index (χ1v) is 7.48. The maximum absolute atomic E-state index is 12.5. The molecule has 120 valence electrons. The Kier molecular flexibility index (Phi) is 4.36. The molecule has 7 nitrogen and oxygen atoms in total. The van der Waals surface area contributed by atoms with Crippen molar-refractivity contribution in [1.82, 2.24) is 19.9 Å². The van der Waals surface area contributed by atoms with Gasteiger partial charge in [-0.05, 0) is 18.6 Å². The lowest BCUT2D eigenvalue weighted by Gasteiger charge is -2.25. The number of rotatable bonds is 4. The van der Waals surface area contributed by atoms with Crippen LogP contribution in [0.2, 0.25) is 0 Å². The van der Waals surface area contributed by atoms with Crippen LogP contribution in [-0.4, -0.2) is 59.0 Å². The van der Waals surface area contributed by atoms with Crippen molar-refractivity contribution in [3.8, 4) is 5.88 Å². The van der Waals surface area contributed by atoms with Crippen LogP contribution in [0.1, 0.15) is 16.8 Å². The van der Waals surface area contributed by atoms with Crippen molar-refractivity contribution in [1.29, 1.82) is 0 Å². The molecule has 0 spiro atoms. The highest BCUT2D eigenvalue weighted by molar-refractivity contribution is 5.94. The second-order valence-electron chi connectivity index (χ2n) is 5.44. The number of anilines is 1. The summed E-state index contributed by atoms with van der Waals surface area (Å²) in [4.78, 5) is 28.9. The molecule has 3 rings (SSSR count). The van der Waals surface area contributed by atoms with E-state index in [-0.39, 0.29) is 11.9 Å². The summed E-state index contributed by atoms with van der Waals surface area (Å²) in [7, 11) is 3.41. The number of likely N-dealkylation sites (N-methyl/N-ethyl adjacent to an activating group) is 1. The molecule has 1 saturated heterocycles. The first-order valence-electron chi connectivity index (χ1n) is 7.48. The van der Waals surface area contributed by atoms with Crippen molar-refractivity contribution in [2.75, 3.05) is 32.1 Å². The van der Waals surface area contributed by atoms with Gasteiger partial charge < -0.3 is 14.5 Å². The molecule has 7 heteroatoms. The molecule has 2 aromatic rings. The molecule has 0 aromatic carbocycles. The van der Waals surface area contributed by atoms with Gasteiger partial charge in [0.1, 0.15) is 0 Å². The van der Waals surface area contributed by atoms with Crippen LogP contribution >= 0.6 is 0 Å². The van der Waals surface area contributed by atoms with E-state index in [0.29, 0.717) is 18.0 Å². The largest absolute Gasteiger partial charge is 0.478 e. The Morgan fingerprint density at radius 2 is 2.17 bits per heavy atom. The van der Waals surface area contributed by atoms with Crippen molar-refractivity contribution in [3.05, 3.63) is 42.5 Å². The number of amides is 1. The SMILES string of the molecule is COc1nccnc1N1CCC(N(C)C(=O)c2cccnc2)C1. The predicted octanol–water partition coefficient (Wildman–Crippen LogP) is 1.23. The Labute approximate surface area is 134 Å². The summed E-state index contributed by atoms with van der Waals surface area (Å²) in [5.41, 5.74) is 0.602. The smallest absolute Gasteiger partial charge is 0.257 e. The highest BCUT2D eigenvalue weighted by atomic mass is 16.5. The van der Waals surface area contributed by atoms with Crippen LogP contribution in [0.5, 0.6) is 5.88 Å². The zero-order valence-corrected chi connectivity index (χ0v) is 13.2. The minimum Gasteiger partial charge on any atom is -0.478 e. The molecule has 1 unspecified atom stereocenters. The molecule has 0 bridgehead atoms. The number of hydrogen-bond donors (Lipinski definition) is 0. The van der Waals surface area contributed by atoms with Gasteiger partial charge in [0, 0.05) is 44.9 Å². The molecule has 2 aromatic heterocycles. The van der Waals surface area contributed by atoms with E-state index < -0.39 is 0 Å². The lowest BCUT2D eigenvalue weighted by molar-refractivity contribution is 0.0744. The van der Waals surface area contributed by atoms with Gasteiger partial charge in [0.05, 0.1) is 18.7 Å². The number of nitrogens with zero attached hydrogens (tertiary/aromatic N) is 5. The Morgan fingerprint density at radius 3 is 2.91 bits per heavy atom. The van der Waals surface area contributed by atoms with E-state index in [1.807, 2.05) is 7.05 Å². The predicted molar refractivity (Wildman–Crippen MR) is 85.5 cm³/mol. The summed E-state index contributed by atoms with van der Waals surface area (Å²) in [6, 6.07) is 3.67. The van der Waals surface area contributed by atoms with Crippen LogP contribution < -0.4 is 9.64 Å². The lowest BCUT2D eigenvalue weighted by Crippen LogP contribution is -2.39. The summed E-state index contributed by atoms with van der Waals surface area (Å²) in [5, 5.41) is 0. The fourth-order valence-corrected chi connectivity index (χ4v) is 2.79. The minimum atomic E-state index is -0.0175. The van der Waals surface area contributed by atoms with Crippen LogP contribution in [0, 0.1) is 0 Å². The van der Waals surface area contributed by atoms with E-state index in [1.165, 1.54) is 0 Å². The number of methoxy groups -OCH3 is 1. The Balaban J connectivity index is 1.71. The molecule has 0 N–H and O–H groups in total. The highest BCUT2D eigenvalue weighted by Gasteiger charge is 2.31. The van der Waals surface area contributed by atoms with Gasteiger partial charge in [-0.15, -0.1) is 0 Å². The molecule has 0 saturated carbocycles. The maximum Gasteiger partial charge on any atom is 0.257 e. The van der Waals surface area contributed by atoms with Gasteiger partial charge >= 0.3 is 0 Å². The average Bonchev–Trinajstić information content (AvgIpc) is 3.11. The lowest BCUT2D eigenvalue weighted by atomic mass is 10.2. The number of pyridine rings is 1. The Bertz CT molecular complexity index is 679. The third kappa shape index (κ3) is 3.08. The zero-order chi connectivity index (χ0) is 16.2. The molecule has 1 amide bonds. The van der Waals surface area contributed by atoms with Crippen molar-refractivity contribution < 1.29 is 9.53 Å². The number of hydrogen-bond acceptors (Lipinski definition) is 6. The van der Waals surface area contributed by atoms with Gasteiger partial charge in [-0.2, -0.15) is 0 Å². The second-order valence-corrected chi connectivity index (χ2v) is 5.44. The summed E-state index contributed by atoms with van der Waals surface area (Å²) in [5.74, 6) is 1.21. The molecule has 0 aliphatic carbocycles. The molecule has 1 aliphatic rings.